The Kier molecular flexibility index (Phi) is 6.60. The third-order valence-electron chi connectivity index (χ3n) is 5.04. The molecule has 0 fully saturated rings. The lowest BCUT2D eigenvalue weighted by atomic mass is 10.1. The first-order valence-corrected chi connectivity index (χ1v) is 11.1. The standard InChI is InChI=1S/C23H25N3O4S/c1-17-9-10-19(31(28,29)26(3)21-7-5-6-8-22(21)30-4)15-20(17)23(27)25(2)16-18-11-13-24-14-12-18/h5-15H,16H2,1-4H3. The van der Waals surface area contributed by atoms with E-state index in [1.807, 2.05) is 12.1 Å². The molecule has 0 unspecified atom stereocenters. The minimum absolute atomic E-state index is 0.0344. The van der Waals surface area contributed by atoms with E-state index >= 15 is 0 Å². The zero-order valence-electron chi connectivity index (χ0n) is 17.9. The molecule has 0 aliphatic heterocycles. The Balaban J connectivity index is 1.93. The summed E-state index contributed by atoms with van der Waals surface area (Å²) in [4.78, 5) is 18.6. The summed E-state index contributed by atoms with van der Waals surface area (Å²) in [5.41, 5.74) is 2.38. The monoisotopic (exact) mass is 439 g/mol. The Labute approximate surface area is 183 Å². The van der Waals surface area contributed by atoms with Gasteiger partial charge in [0.25, 0.3) is 15.9 Å². The van der Waals surface area contributed by atoms with Crippen molar-refractivity contribution in [1.82, 2.24) is 9.88 Å². The second-order valence-electron chi connectivity index (χ2n) is 7.14. The molecule has 0 radical (unpaired) electrons. The van der Waals surface area contributed by atoms with Gasteiger partial charge in [-0.25, -0.2) is 8.42 Å². The van der Waals surface area contributed by atoms with E-state index in [1.54, 1.807) is 61.6 Å². The third kappa shape index (κ3) is 4.69. The van der Waals surface area contributed by atoms with E-state index in [-0.39, 0.29) is 10.8 Å². The van der Waals surface area contributed by atoms with Crippen molar-refractivity contribution < 1.29 is 17.9 Å². The number of carbonyl (C=O) groups is 1. The largest absolute Gasteiger partial charge is 0.495 e. The van der Waals surface area contributed by atoms with Crippen LogP contribution >= 0.6 is 0 Å². The zero-order chi connectivity index (χ0) is 22.6. The summed E-state index contributed by atoms with van der Waals surface area (Å²) >= 11 is 0. The van der Waals surface area contributed by atoms with Crippen molar-refractivity contribution in [2.24, 2.45) is 0 Å². The van der Waals surface area contributed by atoms with Gasteiger partial charge in [-0.1, -0.05) is 18.2 Å². The summed E-state index contributed by atoms with van der Waals surface area (Å²) in [5.74, 6) is 0.181. The first-order chi connectivity index (χ1) is 14.8. The molecule has 1 aromatic heterocycles. The molecule has 0 saturated heterocycles. The van der Waals surface area contributed by atoms with Gasteiger partial charge >= 0.3 is 0 Å². The van der Waals surface area contributed by atoms with Crippen molar-refractivity contribution in [2.45, 2.75) is 18.4 Å². The summed E-state index contributed by atoms with van der Waals surface area (Å²) in [6.07, 6.45) is 3.33. The second kappa shape index (κ2) is 9.18. The van der Waals surface area contributed by atoms with Crippen LogP contribution in [0.25, 0.3) is 0 Å². The van der Waals surface area contributed by atoms with Crippen molar-refractivity contribution in [1.29, 1.82) is 0 Å². The number of amides is 1. The Hall–Kier alpha value is -3.39. The van der Waals surface area contributed by atoms with E-state index in [4.69, 9.17) is 4.74 Å². The molecule has 0 aliphatic rings. The minimum atomic E-state index is -3.91. The van der Waals surface area contributed by atoms with E-state index in [2.05, 4.69) is 4.98 Å². The van der Waals surface area contributed by atoms with Crippen LogP contribution < -0.4 is 9.04 Å². The van der Waals surface area contributed by atoms with Crippen LogP contribution in [0.4, 0.5) is 5.69 Å². The number of hydrogen-bond donors (Lipinski definition) is 0. The topological polar surface area (TPSA) is 79.8 Å². The van der Waals surface area contributed by atoms with Gasteiger partial charge < -0.3 is 9.64 Å². The highest BCUT2D eigenvalue weighted by atomic mass is 32.2. The SMILES string of the molecule is COc1ccccc1N(C)S(=O)(=O)c1ccc(C)c(C(=O)N(C)Cc2ccncc2)c1. The Morgan fingerprint density at radius 3 is 2.39 bits per heavy atom. The molecule has 7 nitrogen and oxygen atoms in total. The van der Waals surface area contributed by atoms with E-state index < -0.39 is 10.0 Å². The molecular formula is C23H25N3O4S. The smallest absolute Gasteiger partial charge is 0.264 e. The number of nitrogens with zero attached hydrogens (tertiary/aromatic N) is 3. The first kappa shape index (κ1) is 22.3. The van der Waals surface area contributed by atoms with Gasteiger partial charge in [0.1, 0.15) is 5.75 Å². The van der Waals surface area contributed by atoms with Crippen LogP contribution in [0, 0.1) is 6.92 Å². The molecule has 0 saturated carbocycles. The molecule has 0 atom stereocenters. The summed E-state index contributed by atoms with van der Waals surface area (Å²) in [5, 5.41) is 0. The highest BCUT2D eigenvalue weighted by Gasteiger charge is 2.26. The second-order valence-corrected chi connectivity index (χ2v) is 9.11. The number of para-hydroxylation sites is 2. The molecule has 162 valence electrons. The fourth-order valence-corrected chi connectivity index (χ4v) is 4.44. The zero-order valence-corrected chi connectivity index (χ0v) is 18.8. The molecule has 1 heterocycles. The van der Waals surface area contributed by atoms with Crippen LogP contribution in [-0.4, -0.2) is 45.4 Å². The number of carbonyl (C=O) groups excluding carboxylic acids is 1. The van der Waals surface area contributed by atoms with Crippen LogP contribution in [0.2, 0.25) is 0 Å². The third-order valence-corrected chi connectivity index (χ3v) is 6.81. The minimum Gasteiger partial charge on any atom is -0.495 e. The number of hydrogen-bond acceptors (Lipinski definition) is 5. The number of benzene rings is 2. The maximum Gasteiger partial charge on any atom is 0.264 e. The van der Waals surface area contributed by atoms with Gasteiger partial charge in [0.05, 0.1) is 17.7 Å². The van der Waals surface area contributed by atoms with Crippen LogP contribution in [0.1, 0.15) is 21.5 Å². The average Bonchev–Trinajstić information content (AvgIpc) is 2.78. The van der Waals surface area contributed by atoms with Crippen LogP contribution in [-0.2, 0) is 16.6 Å². The number of anilines is 1. The maximum absolute atomic E-state index is 13.3. The van der Waals surface area contributed by atoms with Crippen molar-refractivity contribution in [3.05, 3.63) is 83.7 Å². The van der Waals surface area contributed by atoms with Crippen molar-refractivity contribution >= 4 is 21.6 Å². The number of sulfonamides is 1. The molecule has 0 spiro atoms. The van der Waals surface area contributed by atoms with Gasteiger partial charge in [-0.3, -0.25) is 14.1 Å². The number of pyridine rings is 1. The molecule has 3 rings (SSSR count). The molecule has 1 amide bonds. The van der Waals surface area contributed by atoms with Gasteiger partial charge in [-0.15, -0.1) is 0 Å². The summed E-state index contributed by atoms with van der Waals surface area (Å²) in [7, 11) is 0.726. The molecule has 0 aliphatic carbocycles. The fourth-order valence-electron chi connectivity index (χ4n) is 3.21. The highest BCUT2D eigenvalue weighted by molar-refractivity contribution is 7.92. The number of methoxy groups -OCH3 is 1. The van der Waals surface area contributed by atoms with Gasteiger partial charge in [0, 0.05) is 38.6 Å². The van der Waals surface area contributed by atoms with Crippen molar-refractivity contribution in [2.75, 3.05) is 25.5 Å². The van der Waals surface area contributed by atoms with Crippen molar-refractivity contribution in [3.63, 3.8) is 0 Å². The predicted molar refractivity (Wildman–Crippen MR) is 120 cm³/mol. The highest BCUT2D eigenvalue weighted by Crippen LogP contribution is 2.31. The molecule has 2 aromatic carbocycles. The molecular weight excluding hydrogens is 414 g/mol. The van der Waals surface area contributed by atoms with E-state index in [9.17, 15) is 13.2 Å². The number of aromatic nitrogens is 1. The first-order valence-electron chi connectivity index (χ1n) is 9.62. The van der Waals surface area contributed by atoms with E-state index in [0.717, 1.165) is 9.87 Å². The Morgan fingerprint density at radius 2 is 1.71 bits per heavy atom. The quantitative estimate of drug-likeness (QED) is 0.563. The summed E-state index contributed by atoms with van der Waals surface area (Å²) in [6, 6.07) is 15.1. The van der Waals surface area contributed by atoms with E-state index in [0.29, 0.717) is 29.1 Å². The molecule has 0 bridgehead atoms. The average molecular weight is 440 g/mol. The number of rotatable bonds is 7. The maximum atomic E-state index is 13.3. The van der Waals surface area contributed by atoms with Gasteiger partial charge in [-0.2, -0.15) is 0 Å². The number of aryl methyl sites for hydroxylation is 1. The lowest BCUT2D eigenvalue weighted by molar-refractivity contribution is 0.0784. The molecule has 31 heavy (non-hydrogen) atoms. The van der Waals surface area contributed by atoms with Crippen LogP contribution in [0.15, 0.2) is 71.9 Å². The Bertz CT molecular complexity index is 1180. The summed E-state index contributed by atoms with van der Waals surface area (Å²) < 4.78 is 33.0. The van der Waals surface area contributed by atoms with Crippen molar-refractivity contribution in [3.8, 4) is 5.75 Å². The van der Waals surface area contributed by atoms with Gasteiger partial charge in [0.2, 0.25) is 0 Å². The fraction of sp³-hybridized carbons (Fsp3) is 0.217. The molecule has 0 N–H and O–H groups in total. The van der Waals surface area contributed by atoms with Crippen LogP contribution in [0.5, 0.6) is 5.75 Å². The Morgan fingerprint density at radius 1 is 1.03 bits per heavy atom. The summed E-state index contributed by atoms with van der Waals surface area (Å²) in [6.45, 7) is 2.17. The lowest BCUT2D eigenvalue weighted by Crippen LogP contribution is -2.29. The predicted octanol–water partition coefficient (Wildman–Crippen LogP) is 3.50. The van der Waals surface area contributed by atoms with Crippen LogP contribution in [0.3, 0.4) is 0 Å². The van der Waals surface area contributed by atoms with Gasteiger partial charge in [0.15, 0.2) is 0 Å². The molecule has 8 heteroatoms. The van der Waals surface area contributed by atoms with Gasteiger partial charge in [-0.05, 0) is 54.4 Å². The normalized spacial score (nSPS) is 11.1. The van der Waals surface area contributed by atoms with E-state index in [1.165, 1.54) is 26.3 Å². The lowest BCUT2D eigenvalue weighted by Gasteiger charge is -2.23. The number of ether oxygens (including phenoxy) is 1. The molecule has 3 aromatic rings.